The zero-order valence-corrected chi connectivity index (χ0v) is 10.6. The van der Waals surface area contributed by atoms with Crippen molar-refractivity contribution < 1.29 is 13.2 Å². The molecule has 0 aliphatic carbocycles. The first-order chi connectivity index (χ1) is 7.81. The maximum absolute atomic E-state index is 11.5. The fourth-order valence-electron chi connectivity index (χ4n) is 1.11. The molecule has 0 fully saturated rings. The van der Waals surface area contributed by atoms with E-state index in [-0.39, 0.29) is 0 Å². The highest BCUT2D eigenvalue weighted by atomic mass is 32.2. The van der Waals surface area contributed by atoms with Gasteiger partial charge in [0, 0.05) is 11.4 Å². The molecule has 0 aliphatic heterocycles. The Hall–Kier alpha value is -1.56. The molecule has 5 nitrogen and oxygen atoms in total. The van der Waals surface area contributed by atoms with Gasteiger partial charge in [0.05, 0.1) is 5.25 Å². The number of hydrogen-bond donors (Lipinski definition) is 2. The first-order valence-corrected chi connectivity index (χ1v) is 6.90. The largest absolute Gasteiger partial charge is 0.399 e. The summed E-state index contributed by atoms with van der Waals surface area (Å²) in [6.45, 7) is 3.09. The molecule has 3 N–H and O–H groups in total. The minimum atomic E-state index is -3.36. The summed E-state index contributed by atoms with van der Waals surface area (Å²) < 4.78 is 23.0. The Kier molecular flexibility index (Phi) is 4.11. The van der Waals surface area contributed by atoms with Crippen LogP contribution in [0.3, 0.4) is 0 Å². The van der Waals surface area contributed by atoms with Crippen LogP contribution in [0.15, 0.2) is 24.3 Å². The Bertz CT molecular complexity index is 492. The predicted octanol–water partition coefficient (Wildman–Crippen LogP) is 1.03. The minimum absolute atomic E-state index is 0.505. The van der Waals surface area contributed by atoms with E-state index in [2.05, 4.69) is 5.32 Å². The highest BCUT2D eigenvalue weighted by molar-refractivity contribution is 7.92. The smallest absolute Gasteiger partial charge is 0.239 e. The lowest BCUT2D eigenvalue weighted by Crippen LogP contribution is -2.27. The Balaban J connectivity index is 2.65. The van der Waals surface area contributed by atoms with Gasteiger partial charge in [-0.3, -0.25) is 4.79 Å². The van der Waals surface area contributed by atoms with Gasteiger partial charge in [-0.1, -0.05) is 0 Å². The number of sulfone groups is 1. The fourth-order valence-corrected chi connectivity index (χ4v) is 1.88. The fraction of sp³-hybridized carbons (Fsp3) is 0.364. The van der Waals surface area contributed by atoms with Crippen LogP contribution in [0, 0.1) is 0 Å². The zero-order valence-electron chi connectivity index (χ0n) is 9.80. The van der Waals surface area contributed by atoms with Crippen molar-refractivity contribution in [3.8, 4) is 0 Å². The minimum Gasteiger partial charge on any atom is -0.399 e. The summed E-state index contributed by atoms with van der Waals surface area (Å²) in [7, 11) is -3.36. The molecule has 0 saturated carbocycles. The molecule has 1 rings (SSSR count). The third kappa shape index (κ3) is 4.07. The second kappa shape index (κ2) is 5.18. The van der Waals surface area contributed by atoms with Gasteiger partial charge in [0.25, 0.3) is 0 Å². The average molecular weight is 256 g/mol. The molecule has 0 atom stereocenters. The maximum atomic E-state index is 11.5. The van der Waals surface area contributed by atoms with Gasteiger partial charge < -0.3 is 11.1 Å². The van der Waals surface area contributed by atoms with Gasteiger partial charge in [0.1, 0.15) is 5.75 Å². The predicted molar refractivity (Wildman–Crippen MR) is 68.4 cm³/mol. The Morgan fingerprint density at radius 2 is 1.82 bits per heavy atom. The van der Waals surface area contributed by atoms with Crippen molar-refractivity contribution in [3.05, 3.63) is 24.3 Å². The van der Waals surface area contributed by atoms with Crippen molar-refractivity contribution in [2.75, 3.05) is 16.8 Å². The summed E-state index contributed by atoms with van der Waals surface area (Å²) in [6, 6.07) is 6.50. The van der Waals surface area contributed by atoms with Crippen LogP contribution in [0.4, 0.5) is 11.4 Å². The van der Waals surface area contributed by atoms with Crippen LogP contribution < -0.4 is 11.1 Å². The van der Waals surface area contributed by atoms with Crippen LogP contribution in [0.1, 0.15) is 13.8 Å². The molecule has 1 aromatic rings. The summed E-state index contributed by atoms with van der Waals surface area (Å²) in [5, 5.41) is 1.95. The van der Waals surface area contributed by atoms with E-state index in [1.54, 1.807) is 38.1 Å². The van der Waals surface area contributed by atoms with Gasteiger partial charge in [-0.25, -0.2) is 8.42 Å². The number of carbonyl (C=O) groups excluding carboxylic acids is 1. The second-order valence-electron chi connectivity index (χ2n) is 4.03. The van der Waals surface area contributed by atoms with Gasteiger partial charge >= 0.3 is 0 Å². The number of amides is 1. The van der Waals surface area contributed by atoms with Crippen LogP contribution in [-0.2, 0) is 14.6 Å². The molecule has 0 bridgehead atoms. The van der Waals surface area contributed by atoms with Crippen LogP contribution in [0.2, 0.25) is 0 Å². The molecule has 0 heterocycles. The quantitative estimate of drug-likeness (QED) is 0.787. The van der Waals surface area contributed by atoms with Crippen LogP contribution in [0.25, 0.3) is 0 Å². The summed E-state index contributed by atoms with van der Waals surface area (Å²) in [5.74, 6) is -1.04. The van der Waals surface area contributed by atoms with Crippen molar-refractivity contribution in [3.63, 3.8) is 0 Å². The van der Waals surface area contributed by atoms with Gasteiger partial charge in [-0.15, -0.1) is 0 Å². The van der Waals surface area contributed by atoms with Crippen molar-refractivity contribution in [2.45, 2.75) is 19.1 Å². The molecule has 6 heteroatoms. The number of nitrogens with two attached hydrogens (primary N) is 1. The van der Waals surface area contributed by atoms with Gasteiger partial charge in [0.15, 0.2) is 9.84 Å². The lowest BCUT2D eigenvalue weighted by Gasteiger charge is -2.08. The lowest BCUT2D eigenvalue weighted by molar-refractivity contribution is -0.113. The van der Waals surface area contributed by atoms with Gasteiger partial charge in [0.2, 0.25) is 5.91 Å². The number of carbonyl (C=O) groups is 1. The van der Waals surface area contributed by atoms with E-state index in [1.807, 2.05) is 0 Å². The molecule has 0 unspecified atom stereocenters. The summed E-state index contributed by atoms with van der Waals surface area (Å²) in [4.78, 5) is 11.5. The van der Waals surface area contributed by atoms with E-state index < -0.39 is 26.7 Å². The first kappa shape index (κ1) is 13.5. The molecular formula is C11H16N2O3S. The number of benzene rings is 1. The molecular weight excluding hydrogens is 240 g/mol. The monoisotopic (exact) mass is 256 g/mol. The zero-order chi connectivity index (χ0) is 13.1. The number of hydrogen-bond acceptors (Lipinski definition) is 4. The van der Waals surface area contributed by atoms with Crippen molar-refractivity contribution in [1.82, 2.24) is 0 Å². The number of nitrogens with one attached hydrogen (secondary N) is 1. The topological polar surface area (TPSA) is 89.3 Å². The highest BCUT2D eigenvalue weighted by Gasteiger charge is 2.20. The van der Waals surface area contributed by atoms with Crippen LogP contribution in [0.5, 0.6) is 0 Å². The van der Waals surface area contributed by atoms with E-state index >= 15 is 0 Å². The second-order valence-corrected chi connectivity index (χ2v) is 6.58. The van der Waals surface area contributed by atoms with Crippen molar-refractivity contribution in [1.29, 1.82) is 0 Å². The highest BCUT2D eigenvalue weighted by Crippen LogP contribution is 2.11. The van der Waals surface area contributed by atoms with Crippen molar-refractivity contribution >= 4 is 27.1 Å². The van der Waals surface area contributed by atoms with E-state index in [9.17, 15) is 13.2 Å². The number of nitrogen functional groups attached to an aromatic ring is 1. The maximum Gasteiger partial charge on any atom is 0.239 e. The Morgan fingerprint density at radius 3 is 2.29 bits per heavy atom. The Morgan fingerprint density at radius 1 is 1.29 bits per heavy atom. The molecule has 0 aromatic heterocycles. The Labute approximate surface area is 101 Å². The molecule has 0 radical (unpaired) electrons. The first-order valence-electron chi connectivity index (χ1n) is 5.18. The van der Waals surface area contributed by atoms with E-state index in [1.165, 1.54) is 0 Å². The molecule has 1 aromatic carbocycles. The number of anilines is 2. The lowest BCUT2D eigenvalue weighted by atomic mass is 10.3. The third-order valence-corrected chi connectivity index (χ3v) is 4.35. The molecule has 0 aliphatic rings. The summed E-state index contributed by atoms with van der Waals surface area (Å²) >= 11 is 0. The average Bonchev–Trinajstić information content (AvgIpc) is 2.20. The molecule has 17 heavy (non-hydrogen) atoms. The molecule has 0 saturated heterocycles. The van der Waals surface area contributed by atoms with Gasteiger partial charge in [-0.2, -0.15) is 0 Å². The number of rotatable bonds is 4. The third-order valence-electron chi connectivity index (χ3n) is 2.24. The molecule has 94 valence electrons. The normalized spacial score (nSPS) is 11.5. The van der Waals surface area contributed by atoms with Gasteiger partial charge in [-0.05, 0) is 38.1 Å². The van der Waals surface area contributed by atoms with E-state index in [0.29, 0.717) is 11.4 Å². The van der Waals surface area contributed by atoms with Crippen LogP contribution in [-0.4, -0.2) is 25.3 Å². The van der Waals surface area contributed by atoms with E-state index in [4.69, 9.17) is 5.73 Å². The van der Waals surface area contributed by atoms with Crippen molar-refractivity contribution in [2.24, 2.45) is 0 Å². The summed E-state index contributed by atoms with van der Waals surface area (Å²) in [6.07, 6.45) is 0. The van der Waals surface area contributed by atoms with Crippen LogP contribution >= 0.6 is 0 Å². The molecule has 0 spiro atoms. The van der Waals surface area contributed by atoms with E-state index in [0.717, 1.165) is 0 Å². The standard InChI is InChI=1S/C11H16N2O3S/c1-8(2)17(15,16)7-11(14)13-10-5-3-9(12)4-6-10/h3-6,8H,7,12H2,1-2H3,(H,13,14). The SMILES string of the molecule is CC(C)S(=O)(=O)CC(=O)Nc1ccc(N)cc1. The summed E-state index contributed by atoms with van der Waals surface area (Å²) in [5.41, 5.74) is 6.60. The molecule has 1 amide bonds.